The number of fused-ring (bicyclic) bond motifs is 1. The van der Waals surface area contributed by atoms with Gasteiger partial charge in [-0.25, -0.2) is 9.37 Å². The van der Waals surface area contributed by atoms with Gasteiger partial charge in [0.15, 0.2) is 5.82 Å². The molecule has 2 N–H and O–H groups in total. The fourth-order valence-electron chi connectivity index (χ4n) is 5.85. The van der Waals surface area contributed by atoms with E-state index in [1.54, 1.807) is 23.2 Å². The van der Waals surface area contributed by atoms with Crippen LogP contribution >= 0.6 is 46.4 Å². The number of carbonyl (C=O) groups excluding carboxylic acids is 1. The van der Waals surface area contributed by atoms with Gasteiger partial charge in [-0.1, -0.05) is 66.8 Å². The number of nitrogen functional groups attached to an aromatic ring is 1. The number of piperazine rings is 1. The Morgan fingerprint density at radius 2 is 1.89 bits per heavy atom. The van der Waals surface area contributed by atoms with Crippen molar-refractivity contribution in [1.29, 1.82) is 5.26 Å². The second-order valence-corrected chi connectivity index (χ2v) is 12.8. The second kappa shape index (κ2) is 12.7. The number of rotatable bonds is 5. The van der Waals surface area contributed by atoms with Crippen molar-refractivity contribution in [3.8, 4) is 23.0 Å². The minimum atomic E-state index is -1.000. The fourth-order valence-corrected chi connectivity index (χ4v) is 6.80. The zero-order chi connectivity index (χ0) is 33.8. The van der Waals surface area contributed by atoms with Crippen LogP contribution in [0.15, 0.2) is 35.8 Å². The van der Waals surface area contributed by atoms with E-state index in [1.165, 1.54) is 10.6 Å². The summed E-state index contributed by atoms with van der Waals surface area (Å²) in [5.41, 5.74) is 7.33. The maximum atomic E-state index is 14.7. The number of nitriles is 1. The summed E-state index contributed by atoms with van der Waals surface area (Å²) in [6.07, 6.45) is 2.90. The highest BCUT2D eigenvalue weighted by atomic mass is 35.5. The monoisotopic (exact) mass is 701 g/mol. The van der Waals surface area contributed by atoms with Crippen molar-refractivity contribution in [3.63, 3.8) is 0 Å². The van der Waals surface area contributed by atoms with E-state index in [2.05, 4.69) is 17.6 Å². The Bertz CT molecular complexity index is 2030. The Balaban J connectivity index is 1.94. The van der Waals surface area contributed by atoms with Crippen LogP contribution in [0.5, 0.6) is 0 Å². The number of anilines is 2. The predicted octanol–water partition coefficient (Wildman–Crippen LogP) is 7.31. The number of nitrogens with two attached hydrogens (primary N) is 1. The first-order valence-electron chi connectivity index (χ1n) is 14.2. The molecule has 0 saturated carbocycles. The number of hydrogen-bond acceptors (Lipinski definition) is 7. The molecule has 14 heteroatoms. The van der Waals surface area contributed by atoms with E-state index in [0.717, 1.165) is 0 Å². The molecule has 0 aliphatic carbocycles. The standard InChI is InChI=1S/C32H28Cl4FN7O2/c1-6-20(45)43-10-9-42(13-16(43)5)30-17-11-19(33)28(21-22(34)23(35)25(37)24(36)26(21)39)41-31(17)44(32(46)18(30)12-38)29-15(4)7-8-40-27(29)14(2)3/h6-8,11,14,16H,1,9-10,13,39H2,2-5H3/t16-/m1/s1. The summed E-state index contributed by atoms with van der Waals surface area (Å²) < 4.78 is 16.0. The smallest absolute Gasteiger partial charge is 0.276 e. The summed E-state index contributed by atoms with van der Waals surface area (Å²) in [7, 11) is 0. The van der Waals surface area contributed by atoms with Gasteiger partial charge >= 0.3 is 0 Å². The Morgan fingerprint density at radius 1 is 1.20 bits per heavy atom. The van der Waals surface area contributed by atoms with Gasteiger partial charge in [-0.15, -0.1) is 0 Å². The predicted molar refractivity (Wildman–Crippen MR) is 182 cm³/mol. The Labute approximate surface area is 284 Å². The van der Waals surface area contributed by atoms with Crippen LogP contribution in [0, 0.1) is 24.1 Å². The van der Waals surface area contributed by atoms with Gasteiger partial charge in [0.05, 0.1) is 43.5 Å². The second-order valence-electron chi connectivity index (χ2n) is 11.3. The molecule has 5 rings (SSSR count). The largest absolute Gasteiger partial charge is 0.397 e. The molecule has 46 heavy (non-hydrogen) atoms. The third-order valence-electron chi connectivity index (χ3n) is 8.05. The molecular formula is C32H28Cl4FN7O2. The molecule has 1 aromatic carbocycles. The van der Waals surface area contributed by atoms with Crippen LogP contribution in [-0.4, -0.2) is 51.0 Å². The SMILES string of the molecule is C=CC(=O)N1CCN(c2c(C#N)c(=O)n(-c3c(C)ccnc3C(C)C)c3nc(-c4c(N)c(Cl)c(F)c(Cl)c4Cl)c(Cl)cc23)C[C@H]1C. The normalized spacial score (nSPS) is 15.0. The van der Waals surface area contributed by atoms with Crippen LogP contribution in [0.2, 0.25) is 20.1 Å². The summed E-state index contributed by atoms with van der Waals surface area (Å²) in [6, 6.07) is 5.15. The highest BCUT2D eigenvalue weighted by molar-refractivity contribution is 6.47. The van der Waals surface area contributed by atoms with E-state index in [1.807, 2.05) is 32.6 Å². The first-order chi connectivity index (χ1) is 21.7. The van der Waals surface area contributed by atoms with E-state index in [9.17, 15) is 19.2 Å². The van der Waals surface area contributed by atoms with E-state index in [-0.39, 0.29) is 56.1 Å². The van der Waals surface area contributed by atoms with Crippen LogP contribution in [0.25, 0.3) is 28.0 Å². The van der Waals surface area contributed by atoms with Gasteiger partial charge < -0.3 is 15.5 Å². The Kier molecular flexibility index (Phi) is 9.26. The number of aryl methyl sites for hydroxylation is 1. The lowest BCUT2D eigenvalue weighted by Crippen LogP contribution is -2.54. The molecule has 0 spiro atoms. The van der Waals surface area contributed by atoms with Crippen molar-refractivity contribution < 1.29 is 9.18 Å². The lowest BCUT2D eigenvalue weighted by atomic mass is 10.0. The minimum Gasteiger partial charge on any atom is -0.397 e. The number of carbonyl (C=O) groups is 1. The summed E-state index contributed by atoms with van der Waals surface area (Å²) >= 11 is 25.7. The molecule has 0 radical (unpaired) electrons. The topological polar surface area (TPSA) is 121 Å². The van der Waals surface area contributed by atoms with E-state index >= 15 is 0 Å². The average Bonchev–Trinajstić information content (AvgIpc) is 3.02. The lowest BCUT2D eigenvalue weighted by Gasteiger charge is -2.41. The molecule has 1 aliphatic rings. The molecule has 9 nitrogen and oxygen atoms in total. The van der Waals surface area contributed by atoms with E-state index < -0.39 is 21.4 Å². The Morgan fingerprint density at radius 3 is 2.50 bits per heavy atom. The number of nitrogens with zero attached hydrogens (tertiary/aromatic N) is 6. The van der Waals surface area contributed by atoms with Crippen LogP contribution in [0.4, 0.5) is 15.8 Å². The molecule has 1 amide bonds. The number of hydrogen-bond donors (Lipinski definition) is 1. The molecular weight excluding hydrogens is 675 g/mol. The van der Waals surface area contributed by atoms with Crippen molar-refractivity contribution in [3.05, 3.63) is 84.1 Å². The molecule has 0 bridgehead atoms. The summed E-state index contributed by atoms with van der Waals surface area (Å²) in [5, 5.41) is 9.66. The maximum absolute atomic E-state index is 14.7. The fraction of sp³-hybridized carbons (Fsp3) is 0.281. The molecule has 0 unspecified atom stereocenters. The summed E-state index contributed by atoms with van der Waals surface area (Å²) in [5.74, 6) is -1.34. The quantitative estimate of drug-likeness (QED) is 0.100. The number of amides is 1. The van der Waals surface area contributed by atoms with Crippen LogP contribution in [0.3, 0.4) is 0 Å². The molecule has 4 aromatic rings. The summed E-state index contributed by atoms with van der Waals surface area (Å²) in [4.78, 5) is 39.9. The van der Waals surface area contributed by atoms with Crippen LogP contribution in [0.1, 0.15) is 43.5 Å². The molecule has 1 atom stereocenters. The van der Waals surface area contributed by atoms with Gasteiger partial charge in [0.2, 0.25) is 5.91 Å². The van der Waals surface area contributed by atoms with E-state index in [0.29, 0.717) is 47.7 Å². The lowest BCUT2D eigenvalue weighted by molar-refractivity contribution is -0.128. The van der Waals surface area contributed by atoms with Gasteiger partial charge in [-0.2, -0.15) is 5.26 Å². The molecule has 1 fully saturated rings. The van der Waals surface area contributed by atoms with Gasteiger partial charge in [-0.3, -0.25) is 19.1 Å². The van der Waals surface area contributed by atoms with Crippen LogP contribution in [-0.2, 0) is 4.79 Å². The highest BCUT2D eigenvalue weighted by Crippen LogP contribution is 2.47. The third kappa shape index (κ3) is 5.35. The minimum absolute atomic E-state index is 0.00770. The Hall–Kier alpha value is -3.88. The first kappa shape index (κ1) is 33.5. The van der Waals surface area contributed by atoms with Gasteiger partial charge in [0, 0.05) is 42.8 Å². The van der Waals surface area contributed by atoms with Crippen molar-refractivity contribution in [2.24, 2.45) is 0 Å². The van der Waals surface area contributed by atoms with E-state index in [4.69, 9.17) is 57.1 Å². The van der Waals surface area contributed by atoms with Crippen molar-refractivity contribution in [2.45, 2.75) is 39.7 Å². The molecule has 3 aromatic heterocycles. The molecule has 1 aliphatic heterocycles. The van der Waals surface area contributed by atoms with Gasteiger partial charge in [0.25, 0.3) is 5.56 Å². The van der Waals surface area contributed by atoms with Crippen molar-refractivity contribution in [2.75, 3.05) is 30.3 Å². The number of halogens is 5. The third-order valence-corrected chi connectivity index (χ3v) is 9.54. The zero-order valence-corrected chi connectivity index (χ0v) is 28.3. The molecule has 238 valence electrons. The zero-order valence-electron chi connectivity index (χ0n) is 25.3. The van der Waals surface area contributed by atoms with Gasteiger partial charge in [0.1, 0.15) is 22.3 Å². The first-order valence-corrected chi connectivity index (χ1v) is 15.7. The number of aromatic nitrogens is 3. The number of pyridine rings is 3. The molecule has 4 heterocycles. The highest BCUT2D eigenvalue weighted by Gasteiger charge is 2.33. The van der Waals surface area contributed by atoms with Crippen LogP contribution < -0.4 is 16.2 Å². The van der Waals surface area contributed by atoms with Gasteiger partial charge in [-0.05, 0) is 43.5 Å². The van der Waals surface area contributed by atoms with Crippen molar-refractivity contribution >= 4 is 74.7 Å². The maximum Gasteiger partial charge on any atom is 0.276 e. The number of benzene rings is 1. The summed E-state index contributed by atoms with van der Waals surface area (Å²) in [6.45, 7) is 12.1. The molecule has 1 saturated heterocycles. The average molecular weight is 703 g/mol. The van der Waals surface area contributed by atoms with Crippen molar-refractivity contribution in [1.82, 2.24) is 19.4 Å².